The first kappa shape index (κ1) is 12.1. The molecule has 0 aliphatic carbocycles. The lowest BCUT2D eigenvalue weighted by Gasteiger charge is -2.10. The van der Waals surface area contributed by atoms with E-state index in [1.807, 2.05) is 0 Å². The lowest BCUT2D eigenvalue weighted by atomic mass is 10.0. The normalized spacial score (nSPS) is 13.6. The Kier molecular flexibility index (Phi) is 3.57. The van der Waals surface area contributed by atoms with Crippen LogP contribution in [0.5, 0.6) is 5.75 Å². The van der Waals surface area contributed by atoms with E-state index in [1.165, 1.54) is 0 Å². The molecule has 1 atom stereocenters. The number of carboxylic acid groups (broad SMARTS) is 1. The van der Waals surface area contributed by atoms with Crippen molar-refractivity contribution in [2.75, 3.05) is 0 Å². The number of rotatable bonds is 3. The van der Waals surface area contributed by atoms with Crippen molar-refractivity contribution < 1.29 is 23.8 Å². The highest BCUT2D eigenvalue weighted by Gasteiger charge is 2.20. The number of nitrogens with two attached hydrogens (primary N) is 1. The van der Waals surface area contributed by atoms with Gasteiger partial charge in [0.25, 0.3) is 0 Å². The number of carboxylic acids is 1. The van der Waals surface area contributed by atoms with Crippen LogP contribution >= 0.6 is 0 Å². The zero-order chi connectivity index (χ0) is 12.3. The minimum Gasteiger partial charge on any atom is -0.505 e. The van der Waals surface area contributed by atoms with E-state index in [4.69, 9.17) is 15.9 Å². The zero-order valence-electron chi connectivity index (χ0n) is 8.02. The fourth-order valence-electron chi connectivity index (χ4n) is 1.14. The summed E-state index contributed by atoms with van der Waals surface area (Å²) in [6.45, 7) is 0. The number of halogens is 2. The quantitative estimate of drug-likeness (QED) is 0.728. The average molecular weight is 229 g/mol. The molecule has 16 heavy (non-hydrogen) atoms. The van der Waals surface area contributed by atoms with E-state index >= 15 is 0 Å². The Balaban J connectivity index is 3.15. The molecule has 4 nitrogen and oxygen atoms in total. The Hall–Kier alpha value is -1.95. The van der Waals surface area contributed by atoms with Crippen LogP contribution in [0.15, 0.2) is 24.5 Å². The fourth-order valence-corrected chi connectivity index (χ4v) is 1.14. The molecule has 1 aromatic rings. The molecule has 0 aliphatic rings. The van der Waals surface area contributed by atoms with E-state index < -0.39 is 23.6 Å². The van der Waals surface area contributed by atoms with Crippen molar-refractivity contribution in [1.82, 2.24) is 0 Å². The first-order valence-corrected chi connectivity index (χ1v) is 4.25. The molecule has 0 bridgehead atoms. The zero-order valence-corrected chi connectivity index (χ0v) is 8.02. The van der Waals surface area contributed by atoms with Crippen molar-refractivity contribution in [1.29, 1.82) is 0 Å². The highest BCUT2D eigenvalue weighted by molar-refractivity contribution is 5.90. The van der Waals surface area contributed by atoms with E-state index in [1.54, 1.807) is 0 Å². The van der Waals surface area contributed by atoms with Crippen LogP contribution in [0.4, 0.5) is 8.78 Å². The van der Waals surface area contributed by atoms with Crippen LogP contribution in [0.2, 0.25) is 0 Å². The molecule has 0 fully saturated rings. The first-order chi connectivity index (χ1) is 7.47. The molecule has 1 unspecified atom stereocenters. The Morgan fingerprint density at radius 1 is 1.50 bits per heavy atom. The number of carbonyl (C=O) groups is 1. The van der Waals surface area contributed by atoms with Crippen LogP contribution in [0.3, 0.4) is 0 Å². The fraction of sp³-hybridized carbons (Fsp3) is 0.100. The van der Waals surface area contributed by atoms with Gasteiger partial charge in [0.2, 0.25) is 0 Å². The monoisotopic (exact) mass is 229 g/mol. The van der Waals surface area contributed by atoms with Crippen molar-refractivity contribution in [2.24, 2.45) is 5.73 Å². The van der Waals surface area contributed by atoms with Crippen molar-refractivity contribution in [3.8, 4) is 5.75 Å². The first-order valence-electron chi connectivity index (χ1n) is 4.25. The minimum absolute atomic E-state index is 0.0105. The van der Waals surface area contributed by atoms with Crippen LogP contribution in [-0.4, -0.2) is 22.2 Å². The summed E-state index contributed by atoms with van der Waals surface area (Å²) in [5.74, 6) is -3.01. The summed E-state index contributed by atoms with van der Waals surface area (Å²) in [5.41, 5.74) is 4.87. The number of aliphatic carboxylic acids is 1. The van der Waals surface area contributed by atoms with Crippen molar-refractivity contribution in [3.05, 3.63) is 35.9 Å². The number of aromatic hydroxyl groups is 1. The molecular formula is C10H9F2NO3. The standard InChI is InChI=1S/C10H9F2NO3/c11-4-6(9(13)10(15)16)5-1-2-7(12)8(14)3-5/h1-4,9,14H,13H2,(H,15,16)/b6-4-. The predicted molar refractivity (Wildman–Crippen MR) is 52.8 cm³/mol. The Labute approximate surface area is 89.6 Å². The lowest BCUT2D eigenvalue weighted by molar-refractivity contribution is -0.137. The van der Waals surface area contributed by atoms with Gasteiger partial charge in [0.15, 0.2) is 11.6 Å². The summed E-state index contributed by atoms with van der Waals surface area (Å²) in [6.07, 6.45) is 0.0193. The van der Waals surface area contributed by atoms with Gasteiger partial charge < -0.3 is 15.9 Å². The van der Waals surface area contributed by atoms with Gasteiger partial charge in [-0.1, -0.05) is 6.07 Å². The number of hydrogen-bond donors (Lipinski definition) is 3. The Morgan fingerprint density at radius 3 is 2.56 bits per heavy atom. The lowest BCUT2D eigenvalue weighted by Crippen LogP contribution is -2.31. The van der Waals surface area contributed by atoms with E-state index in [2.05, 4.69) is 0 Å². The maximum atomic E-state index is 12.7. The second kappa shape index (κ2) is 4.71. The molecule has 0 heterocycles. The van der Waals surface area contributed by atoms with Gasteiger partial charge in [-0.15, -0.1) is 0 Å². The molecule has 4 N–H and O–H groups in total. The molecule has 0 spiro atoms. The van der Waals surface area contributed by atoms with Gasteiger partial charge in [0, 0.05) is 5.57 Å². The van der Waals surface area contributed by atoms with E-state index in [9.17, 15) is 13.6 Å². The number of phenols is 1. The molecule has 6 heteroatoms. The molecule has 0 saturated heterocycles. The number of benzene rings is 1. The molecule has 0 aromatic heterocycles. The summed E-state index contributed by atoms with van der Waals surface area (Å²) >= 11 is 0. The van der Waals surface area contributed by atoms with Gasteiger partial charge in [0.1, 0.15) is 6.04 Å². The Bertz CT molecular complexity index is 446. The minimum atomic E-state index is -1.57. The number of phenolic OH excluding ortho intramolecular Hbond substituents is 1. The summed E-state index contributed by atoms with van der Waals surface area (Å²) < 4.78 is 25.2. The van der Waals surface area contributed by atoms with E-state index in [0.29, 0.717) is 0 Å². The average Bonchev–Trinajstić information content (AvgIpc) is 2.24. The van der Waals surface area contributed by atoms with Gasteiger partial charge in [-0.25, -0.2) is 8.78 Å². The summed E-state index contributed by atoms with van der Waals surface area (Å²) in [5, 5.41) is 17.7. The third-order valence-electron chi connectivity index (χ3n) is 2.00. The second-order valence-electron chi connectivity index (χ2n) is 3.05. The van der Waals surface area contributed by atoms with E-state index in [0.717, 1.165) is 18.2 Å². The highest BCUT2D eigenvalue weighted by atomic mass is 19.1. The third kappa shape index (κ3) is 2.34. The summed E-state index contributed by atoms with van der Waals surface area (Å²) in [7, 11) is 0. The van der Waals surface area contributed by atoms with Crippen LogP contribution in [-0.2, 0) is 4.79 Å². The molecule has 1 aromatic carbocycles. The maximum absolute atomic E-state index is 12.7. The second-order valence-corrected chi connectivity index (χ2v) is 3.05. The topological polar surface area (TPSA) is 83.6 Å². The van der Waals surface area contributed by atoms with Crippen LogP contribution in [0, 0.1) is 5.82 Å². The van der Waals surface area contributed by atoms with Crippen LogP contribution in [0.1, 0.15) is 5.56 Å². The van der Waals surface area contributed by atoms with Crippen LogP contribution in [0.25, 0.3) is 5.57 Å². The van der Waals surface area contributed by atoms with Gasteiger partial charge in [-0.3, -0.25) is 4.79 Å². The molecule has 0 aliphatic heterocycles. The Morgan fingerprint density at radius 2 is 2.12 bits per heavy atom. The van der Waals surface area contributed by atoms with E-state index in [-0.39, 0.29) is 17.5 Å². The van der Waals surface area contributed by atoms with Gasteiger partial charge in [-0.2, -0.15) is 0 Å². The number of hydrogen-bond acceptors (Lipinski definition) is 3. The molecular weight excluding hydrogens is 220 g/mol. The highest BCUT2D eigenvalue weighted by Crippen LogP contribution is 2.24. The van der Waals surface area contributed by atoms with Crippen LogP contribution < -0.4 is 5.73 Å². The largest absolute Gasteiger partial charge is 0.505 e. The molecule has 0 saturated carbocycles. The molecule has 0 radical (unpaired) electrons. The summed E-state index contributed by atoms with van der Waals surface area (Å²) in [4.78, 5) is 10.6. The summed E-state index contributed by atoms with van der Waals surface area (Å²) in [6, 6.07) is 1.35. The SMILES string of the molecule is NC(C(=O)O)/C(=C\F)c1ccc(F)c(O)c1. The third-order valence-corrected chi connectivity index (χ3v) is 2.00. The molecule has 1 rings (SSSR count). The predicted octanol–water partition coefficient (Wildman–Crippen LogP) is 1.25. The van der Waals surface area contributed by atoms with Crippen molar-refractivity contribution >= 4 is 11.5 Å². The van der Waals surface area contributed by atoms with Crippen molar-refractivity contribution in [3.63, 3.8) is 0 Å². The van der Waals surface area contributed by atoms with Gasteiger partial charge in [-0.05, 0) is 17.7 Å². The maximum Gasteiger partial charge on any atom is 0.325 e. The smallest absolute Gasteiger partial charge is 0.325 e. The molecule has 86 valence electrons. The van der Waals surface area contributed by atoms with Gasteiger partial charge >= 0.3 is 5.97 Å². The van der Waals surface area contributed by atoms with Crippen molar-refractivity contribution in [2.45, 2.75) is 6.04 Å². The molecule has 0 amide bonds. The van der Waals surface area contributed by atoms with Gasteiger partial charge in [0.05, 0.1) is 6.33 Å².